The number of hydrogen-bond acceptors (Lipinski definition) is 3. The van der Waals surface area contributed by atoms with E-state index in [0.717, 1.165) is 0 Å². The van der Waals surface area contributed by atoms with Crippen LogP contribution in [0.1, 0.15) is 6.42 Å². The number of rotatable bonds is 0. The van der Waals surface area contributed by atoms with Gasteiger partial charge in [0.05, 0.1) is 5.88 Å². The molecule has 2 aliphatic rings. The molecule has 2 nitrogen and oxygen atoms in total. The molecule has 0 aliphatic carbocycles. The van der Waals surface area contributed by atoms with Gasteiger partial charge in [-0.3, -0.25) is 0 Å². The van der Waals surface area contributed by atoms with Crippen molar-refractivity contribution in [2.45, 2.75) is 6.42 Å². The van der Waals surface area contributed by atoms with Gasteiger partial charge < -0.3 is 0 Å². The van der Waals surface area contributed by atoms with Gasteiger partial charge >= 0.3 is 0 Å². The van der Waals surface area contributed by atoms with Crippen LogP contribution in [0.5, 0.6) is 0 Å². The highest BCUT2D eigenvalue weighted by Gasteiger charge is 2.23. The molecule has 0 bridgehead atoms. The van der Waals surface area contributed by atoms with Gasteiger partial charge in [-0.15, -0.1) is 11.8 Å². The Bertz CT molecular complexity index is 95.2. The topological polar surface area (TPSA) is 6.48 Å². The van der Waals surface area contributed by atoms with Crippen LogP contribution in [-0.4, -0.2) is 41.3 Å². The van der Waals surface area contributed by atoms with Gasteiger partial charge in [-0.2, -0.15) is 0 Å². The van der Waals surface area contributed by atoms with Crippen LogP contribution in [0.3, 0.4) is 0 Å². The largest absolute Gasteiger partial charge is 0.240 e. The second-order valence-electron chi connectivity index (χ2n) is 2.57. The highest BCUT2D eigenvalue weighted by molar-refractivity contribution is 7.99. The number of fused-ring (bicyclic) bond motifs is 1. The summed E-state index contributed by atoms with van der Waals surface area (Å²) in [5, 5.41) is 4.95. The predicted molar refractivity (Wildman–Crippen MR) is 40.2 cm³/mol. The summed E-state index contributed by atoms with van der Waals surface area (Å²) in [6.45, 7) is 3.89. The standard InChI is InChI=1S/C6H12N2S/c1-2-7-4-5-9-6-8(7)3-1/h1-6H2. The molecule has 3 heteroatoms. The maximum absolute atomic E-state index is 2.48. The van der Waals surface area contributed by atoms with Crippen molar-refractivity contribution in [3.8, 4) is 0 Å². The molecular weight excluding hydrogens is 132 g/mol. The van der Waals surface area contributed by atoms with Crippen LogP contribution in [-0.2, 0) is 0 Å². The van der Waals surface area contributed by atoms with Crippen molar-refractivity contribution in [2.24, 2.45) is 0 Å². The van der Waals surface area contributed by atoms with Crippen LogP contribution in [0, 0.1) is 0 Å². The first-order valence-electron chi connectivity index (χ1n) is 3.54. The summed E-state index contributed by atoms with van der Waals surface area (Å²) in [6, 6.07) is 0. The SMILES string of the molecule is C1CN2CCSCN2C1. The zero-order valence-electron chi connectivity index (χ0n) is 5.55. The van der Waals surface area contributed by atoms with Crippen molar-refractivity contribution in [3.63, 3.8) is 0 Å². The molecule has 0 spiro atoms. The Hall–Kier alpha value is 0.270. The Balaban J connectivity index is 1.97. The molecular formula is C6H12N2S. The fourth-order valence-electron chi connectivity index (χ4n) is 1.46. The van der Waals surface area contributed by atoms with Crippen LogP contribution in [0.4, 0.5) is 0 Å². The van der Waals surface area contributed by atoms with E-state index in [1.165, 1.54) is 37.7 Å². The monoisotopic (exact) mass is 144 g/mol. The molecule has 0 saturated carbocycles. The minimum atomic E-state index is 1.24. The number of hydrogen-bond donors (Lipinski definition) is 0. The van der Waals surface area contributed by atoms with Gasteiger partial charge in [-0.05, 0) is 6.42 Å². The van der Waals surface area contributed by atoms with Crippen LogP contribution in [0.2, 0.25) is 0 Å². The smallest absolute Gasteiger partial charge is 0.0590 e. The van der Waals surface area contributed by atoms with E-state index in [2.05, 4.69) is 21.8 Å². The summed E-state index contributed by atoms with van der Waals surface area (Å²) < 4.78 is 0. The summed E-state index contributed by atoms with van der Waals surface area (Å²) in [7, 11) is 0. The maximum atomic E-state index is 2.48. The van der Waals surface area contributed by atoms with Gasteiger partial charge in [0.15, 0.2) is 0 Å². The molecule has 9 heavy (non-hydrogen) atoms. The molecule has 0 atom stereocenters. The zero-order chi connectivity index (χ0) is 6.10. The van der Waals surface area contributed by atoms with E-state index in [0.29, 0.717) is 0 Å². The number of hydrazine groups is 1. The molecule has 2 fully saturated rings. The highest BCUT2D eigenvalue weighted by Crippen LogP contribution is 2.19. The van der Waals surface area contributed by atoms with Crippen molar-refractivity contribution in [1.82, 2.24) is 10.0 Å². The summed E-state index contributed by atoms with van der Waals surface area (Å²) in [5.41, 5.74) is 0. The van der Waals surface area contributed by atoms with Crippen LogP contribution in [0.15, 0.2) is 0 Å². The third-order valence-electron chi connectivity index (χ3n) is 1.97. The second-order valence-corrected chi connectivity index (χ2v) is 3.65. The first-order valence-corrected chi connectivity index (χ1v) is 4.70. The number of nitrogens with zero attached hydrogens (tertiary/aromatic N) is 2. The van der Waals surface area contributed by atoms with Crippen molar-refractivity contribution >= 4 is 11.8 Å². The first kappa shape index (κ1) is 6.01. The number of thioether (sulfide) groups is 1. The summed E-state index contributed by atoms with van der Waals surface area (Å²) in [6.07, 6.45) is 1.38. The Labute approximate surface area is 60.2 Å². The molecule has 2 aliphatic heterocycles. The third kappa shape index (κ3) is 1.09. The third-order valence-corrected chi connectivity index (χ3v) is 2.92. The van der Waals surface area contributed by atoms with E-state index in [-0.39, 0.29) is 0 Å². The van der Waals surface area contributed by atoms with E-state index in [1.54, 1.807) is 0 Å². The molecule has 0 radical (unpaired) electrons. The van der Waals surface area contributed by atoms with Crippen molar-refractivity contribution in [1.29, 1.82) is 0 Å². The molecule has 2 saturated heterocycles. The van der Waals surface area contributed by atoms with Gasteiger partial charge in [0.25, 0.3) is 0 Å². The maximum Gasteiger partial charge on any atom is 0.0590 e. The molecule has 52 valence electrons. The van der Waals surface area contributed by atoms with Gasteiger partial charge in [0, 0.05) is 25.4 Å². The van der Waals surface area contributed by atoms with Crippen LogP contribution >= 0.6 is 11.8 Å². The Morgan fingerprint density at radius 2 is 1.89 bits per heavy atom. The zero-order valence-corrected chi connectivity index (χ0v) is 6.36. The molecule has 0 aromatic heterocycles. The van der Waals surface area contributed by atoms with E-state index in [1.807, 2.05) is 0 Å². The van der Waals surface area contributed by atoms with Crippen molar-refractivity contribution < 1.29 is 0 Å². The Morgan fingerprint density at radius 3 is 2.78 bits per heavy atom. The summed E-state index contributed by atoms with van der Waals surface area (Å²) in [4.78, 5) is 0. The van der Waals surface area contributed by atoms with Crippen LogP contribution in [0.25, 0.3) is 0 Å². The van der Waals surface area contributed by atoms with Gasteiger partial charge in [0.1, 0.15) is 0 Å². The normalized spacial score (nSPS) is 30.7. The Kier molecular flexibility index (Phi) is 1.66. The molecule has 0 aromatic carbocycles. The lowest BCUT2D eigenvalue weighted by Gasteiger charge is -2.31. The molecule has 0 N–H and O–H groups in total. The highest BCUT2D eigenvalue weighted by atomic mass is 32.2. The Morgan fingerprint density at radius 1 is 1.00 bits per heavy atom. The average molecular weight is 144 g/mol. The van der Waals surface area contributed by atoms with E-state index in [4.69, 9.17) is 0 Å². The minimum absolute atomic E-state index is 1.24. The van der Waals surface area contributed by atoms with Crippen molar-refractivity contribution in [2.75, 3.05) is 31.3 Å². The lowest BCUT2D eigenvalue weighted by atomic mass is 10.5. The average Bonchev–Trinajstić information content (AvgIpc) is 2.33. The fraction of sp³-hybridized carbons (Fsp3) is 1.00. The summed E-state index contributed by atoms with van der Waals surface area (Å²) >= 11 is 2.06. The molecule has 0 unspecified atom stereocenters. The molecule has 2 rings (SSSR count). The van der Waals surface area contributed by atoms with Gasteiger partial charge in [-0.1, -0.05) is 0 Å². The predicted octanol–water partition coefficient (Wildman–Crippen LogP) is 0.613. The molecule has 2 heterocycles. The van der Waals surface area contributed by atoms with E-state index >= 15 is 0 Å². The fourth-order valence-corrected chi connectivity index (χ4v) is 2.43. The lowest BCUT2D eigenvalue weighted by Crippen LogP contribution is -2.41. The quantitative estimate of drug-likeness (QED) is 0.492. The first-order chi connectivity index (χ1) is 4.47. The lowest BCUT2D eigenvalue weighted by molar-refractivity contribution is 0.0501. The van der Waals surface area contributed by atoms with Gasteiger partial charge in [0.2, 0.25) is 0 Å². The van der Waals surface area contributed by atoms with Crippen molar-refractivity contribution in [3.05, 3.63) is 0 Å². The molecule has 0 aromatic rings. The second kappa shape index (κ2) is 2.48. The van der Waals surface area contributed by atoms with Gasteiger partial charge in [-0.25, -0.2) is 10.0 Å². The summed E-state index contributed by atoms with van der Waals surface area (Å²) in [5.74, 6) is 2.57. The van der Waals surface area contributed by atoms with E-state index in [9.17, 15) is 0 Å². The minimum Gasteiger partial charge on any atom is -0.240 e. The molecule has 0 amide bonds. The van der Waals surface area contributed by atoms with E-state index < -0.39 is 0 Å². The van der Waals surface area contributed by atoms with Crippen LogP contribution < -0.4 is 0 Å².